The summed E-state index contributed by atoms with van der Waals surface area (Å²) in [7, 11) is 0. The highest BCUT2D eigenvalue weighted by atomic mass is 14.5. The first-order chi connectivity index (χ1) is 12.6. The van der Waals surface area contributed by atoms with Gasteiger partial charge in [-0.15, -0.1) is 0 Å². The average Bonchev–Trinajstić information content (AvgIpc) is 3.31. The van der Waals surface area contributed by atoms with Gasteiger partial charge >= 0.3 is 0 Å². The molecule has 2 aromatic carbocycles. The first-order valence-electron chi connectivity index (χ1n) is 9.53. The lowest BCUT2D eigenvalue weighted by molar-refractivity contribution is 0.700. The van der Waals surface area contributed by atoms with Crippen molar-refractivity contribution in [1.82, 2.24) is 0 Å². The Morgan fingerprint density at radius 2 is 1.73 bits per heavy atom. The van der Waals surface area contributed by atoms with Gasteiger partial charge in [0.1, 0.15) is 0 Å². The maximum absolute atomic E-state index is 8.98. The maximum Gasteiger partial charge on any atom is 0.0991 e. The van der Waals surface area contributed by atoms with Gasteiger partial charge in [0.15, 0.2) is 0 Å². The van der Waals surface area contributed by atoms with Crippen LogP contribution in [0.2, 0.25) is 0 Å². The highest BCUT2D eigenvalue weighted by Crippen LogP contribution is 2.54. The maximum atomic E-state index is 8.98. The second-order valence-electron chi connectivity index (χ2n) is 6.90. The number of hydrogen-bond donors (Lipinski definition) is 0. The van der Waals surface area contributed by atoms with E-state index >= 15 is 0 Å². The molecular weight excluding hydrogens is 314 g/mol. The fraction of sp³-hybridized carbons (Fsp3) is 0.320. The number of nitrogens with zero attached hydrogens (tertiary/aromatic N) is 1. The Morgan fingerprint density at radius 3 is 2.27 bits per heavy atom. The minimum absolute atomic E-state index is 0.304. The third-order valence-corrected chi connectivity index (χ3v) is 5.24. The molecule has 134 valence electrons. The second-order valence-corrected chi connectivity index (χ2v) is 6.90. The minimum atomic E-state index is 0.304. The van der Waals surface area contributed by atoms with E-state index in [1.54, 1.807) is 0 Å². The molecule has 0 amide bonds. The normalized spacial score (nSPS) is 21.7. The van der Waals surface area contributed by atoms with Crippen molar-refractivity contribution in [2.45, 2.75) is 46.5 Å². The largest absolute Gasteiger partial charge is 0.192 e. The monoisotopic (exact) mass is 343 g/mol. The van der Waals surface area contributed by atoms with Crippen LogP contribution in [-0.4, -0.2) is 0 Å². The Balaban J connectivity index is 0.00000117. The first-order valence-corrected chi connectivity index (χ1v) is 9.53. The van der Waals surface area contributed by atoms with Crippen LogP contribution in [0.1, 0.15) is 63.3 Å². The van der Waals surface area contributed by atoms with E-state index in [1.807, 2.05) is 45.0 Å². The Hall–Kier alpha value is -2.59. The average molecular weight is 344 g/mol. The summed E-state index contributed by atoms with van der Waals surface area (Å²) >= 11 is 0. The number of rotatable bonds is 4. The van der Waals surface area contributed by atoms with E-state index in [4.69, 9.17) is 5.26 Å². The van der Waals surface area contributed by atoms with E-state index in [0.29, 0.717) is 11.0 Å². The van der Waals surface area contributed by atoms with Crippen LogP contribution in [0.5, 0.6) is 0 Å². The number of hydrogen-bond acceptors (Lipinski definition) is 1. The second kappa shape index (κ2) is 8.68. The lowest BCUT2D eigenvalue weighted by Crippen LogP contribution is -2.05. The fourth-order valence-electron chi connectivity index (χ4n) is 3.41. The molecule has 1 saturated carbocycles. The Kier molecular flexibility index (Phi) is 6.58. The highest BCUT2D eigenvalue weighted by molar-refractivity contribution is 5.88. The standard InChI is InChI=1S/C23H23N.C2H6/c1-4-7-20(19-12-10-18(16-24)11-13-19)14-21-8-5-6-9-22(21)23(3)15-17(23)2;1-2/h4-14,17H,15H2,1-3H3;1-2H3/b7-4-,20-14+;. The van der Waals surface area contributed by atoms with Crippen molar-refractivity contribution >= 4 is 11.6 Å². The highest BCUT2D eigenvalue weighted by Gasteiger charge is 2.48. The van der Waals surface area contributed by atoms with Crippen molar-refractivity contribution < 1.29 is 0 Å². The van der Waals surface area contributed by atoms with E-state index < -0.39 is 0 Å². The molecule has 0 N–H and O–H groups in total. The molecule has 2 unspecified atom stereocenters. The van der Waals surface area contributed by atoms with Gasteiger partial charge in [0.05, 0.1) is 11.6 Å². The van der Waals surface area contributed by atoms with E-state index in [-0.39, 0.29) is 0 Å². The predicted octanol–water partition coefficient (Wildman–Crippen LogP) is 7.00. The van der Waals surface area contributed by atoms with Crippen molar-refractivity contribution in [2.24, 2.45) is 5.92 Å². The van der Waals surface area contributed by atoms with E-state index in [1.165, 1.54) is 23.1 Å². The lowest BCUT2D eigenvalue weighted by Gasteiger charge is -2.15. The third kappa shape index (κ3) is 4.14. The molecular formula is C25H29N. The molecule has 2 aromatic rings. The molecule has 1 aliphatic carbocycles. The Bertz CT molecular complexity index is 833. The SMILES string of the molecule is C/C=C\C(=C/c1ccccc1C1(C)CC1C)c1ccc(C#N)cc1.CC. The summed E-state index contributed by atoms with van der Waals surface area (Å²) < 4.78 is 0. The van der Waals surface area contributed by atoms with Crippen LogP contribution in [0.25, 0.3) is 11.6 Å². The number of nitriles is 1. The first kappa shape index (κ1) is 19.7. The van der Waals surface area contributed by atoms with Gasteiger partial charge in [-0.3, -0.25) is 0 Å². The molecule has 1 heteroatoms. The van der Waals surface area contributed by atoms with E-state index in [9.17, 15) is 0 Å². The Morgan fingerprint density at radius 1 is 1.12 bits per heavy atom. The number of benzene rings is 2. The van der Waals surface area contributed by atoms with Crippen LogP contribution < -0.4 is 0 Å². The molecule has 0 bridgehead atoms. The third-order valence-electron chi connectivity index (χ3n) is 5.24. The molecule has 1 fully saturated rings. The summed E-state index contributed by atoms with van der Waals surface area (Å²) in [4.78, 5) is 0. The minimum Gasteiger partial charge on any atom is -0.192 e. The quantitative estimate of drug-likeness (QED) is 0.433. The zero-order chi connectivity index (χ0) is 19.2. The van der Waals surface area contributed by atoms with Crippen molar-refractivity contribution in [3.05, 3.63) is 82.9 Å². The van der Waals surface area contributed by atoms with E-state index in [0.717, 1.165) is 11.5 Å². The van der Waals surface area contributed by atoms with Crippen LogP contribution in [0.3, 0.4) is 0 Å². The summed E-state index contributed by atoms with van der Waals surface area (Å²) in [6.45, 7) is 10.7. The van der Waals surface area contributed by atoms with Crippen LogP contribution in [-0.2, 0) is 5.41 Å². The molecule has 3 rings (SSSR count). The fourth-order valence-corrected chi connectivity index (χ4v) is 3.41. The van der Waals surface area contributed by atoms with Crippen molar-refractivity contribution in [2.75, 3.05) is 0 Å². The van der Waals surface area contributed by atoms with Crippen molar-refractivity contribution in [3.8, 4) is 6.07 Å². The topological polar surface area (TPSA) is 23.8 Å². The molecule has 0 saturated heterocycles. The molecule has 0 spiro atoms. The van der Waals surface area contributed by atoms with Crippen LogP contribution in [0.4, 0.5) is 0 Å². The summed E-state index contributed by atoms with van der Waals surface area (Å²) in [6, 6.07) is 18.7. The zero-order valence-electron chi connectivity index (χ0n) is 16.6. The van der Waals surface area contributed by atoms with Crippen molar-refractivity contribution in [1.29, 1.82) is 5.26 Å². The van der Waals surface area contributed by atoms with Gasteiger partial charge in [-0.05, 0) is 65.1 Å². The zero-order valence-corrected chi connectivity index (χ0v) is 16.6. The van der Waals surface area contributed by atoms with Crippen molar-refractivity contribution in [3.63, 3.8) is 0 Å². The van der Waals surface area contributed by atoms with Gasteiger partial charge in [0, 0.05) is 0 Å². The molecule has 0 aliphatic heterocycles. The van der Waals surface area contributed by atoms with Gasteiger partial charge in [0.25, 0.3) is 0 Å². The summed E-state index contributed by atoms with van der Waals surface area (Å²) in [6.07, 6.45) is 7.73. The predicted molar refractivity (Wildman–Crippen MR) is 113 cm³/mol. The summed E-state index contributed by atoms with van der Waals surface area (Å²) in [5.74, 6) is 0.743. The van der Waals surface area contributed by atoms with Crippen LogP contribution in [0, 0.1) is 17.2 Å². The molecule has 0 heterocycles. The van der Waals surface area contributed by atoms with Gasteiger partial charge in [-0.1, -0.05) is 76.2 Å². The van der Waals surface area contributed by atoms with Gasteiger partial charge in [-0.2, -0.15) is 5.26 Å². The van der Waals surface area contributed by atoms with Gasteiger partial charge < -0.3 is 0 Å². The van der Waals surface area contributed by atoms with Crippen LogP contribution in [0.15, 0.2) is 60.7 Å². The summed E-state index contributed by atoms with van der Waals surface area (Å²) in [5.41, 5.74) is 6.04. The Labute approximate surface area is 158 Å². The molecule has 0 radical (unpaired) electrons. The molecule has 2 atom stereocenters. The molecule has 1 nitrogen and oxygen atoms in total. The smallest absolute Gasteiger partial charge is 0.0991 e. The number of allylic oxidation sites excluding steroid dienone is 3. The molecule has 0 aromatic heterocycles. The molecule has 26 heavy (non-hydrogen) atoms. The van der Waals surface area contributed by atoms with Crippen LogP contribution >= 0.6 is 0 Å². The van der Waals surface area contributed by atoms with Gasteiger partial charge in [-0.25, -0.2) is 0 Å². The summed E-state index contributed by atoms with van der Waals surface area (Å²) in [5, 5.41) is 8.98. The molecule has 1 aliphatic rings. The van der Waals surface area contributed by atoms with E-state index in [2.05, 4.69) is 62.4 Å². The van der Waals surface area contributed by atoms with Gasteiger partial charge in [0.2, 0.25) is 0 Å². The lowest BCUT2D eigenvalue weighted by atomic mass is 9.89.